The molecule has 4 rings (SSSR count). The molecule has 188 valence electrons. The van der Waals surface area contributed by atoms with E-state index in [9.17, 15) is 18.0 Å². The number of likely N-dealkylation sites (tertiary alicyclic amines) is 2. The van der Waals surface area contributed by atoms with Gasteiger partial charge in [0.15, 0.2) is 0 Å². The standard InChI is InChI=1S/C25H37N3O5S/c1-33-22-8-10-23(11-9-22)34(31,32)28-16-6-7-21(19-28)25(30)27-17-12-20(13-18-27)24(29)26-14-4-2-3-5-15-26/h8-11,20-21H,2-7,12-19H2,1H3. The molecule has 0 aliphatic carbocycles. The van der Waals surface area contributed by atoms with Gasteiger partial charge in [-0.2, -0.15) is 4.31 Å². The highest BCUT2D eigenvalue weighted by atomic mass is 32.2. The molecule has 3 heterocycles. The van der Waals surface area contributed by atoms with E-state index in [0.29, 0.717) is 51.1 Å². The van der Waals surface area contributed by atoms with Gasteiger partial charge in [-0.1, -0.05) is 12.8 Å². The normalized spacial score (nSPS) is 23.4. The molecule has 8 nitrogen and oxygen atoms in total. The first-order chi connectivity index (χ1) is 16.4. The summed E-state index contributed by atoms with van der Waals surface area (Å²) in [6, 6.07) is 6.37. The van der Waals surface area contributed by atoms with E-state index in [-0.39, 0.29) is 35.1 Å². The molecule has 1 unspecified atom stereocenters. The Morgan fingerprint density at radius 3 is 1.97 bits per heavy atom. The molecule has 0 aromatic heterocycles. The van der Waals surface area contributed by atoms with Crippen LogP contribution in [0, 0.1) is 11.8 Å². The maximum Gasteiger partial charge on any atom is 0.243 e. The van der Waals surface area contributed by atoms with Gasteiger partial charge in [0.2, 0.25) is 21.8 Å². The van der Waals surface area contributed by atoms with E-state index < -0.39 is 10.0 Å². The van der Waals surface area contributed by atoms with Crippen molar-refractivity contribution in [2.24, 2.45) is 11.8 Å². The highest BCUT2D eigenvalue weighted by Crippen LogP contribution is 2.28. The Hall–Kier alpha value is -2.13. The van der Waals surface area contributed by atoms with Crippen molar-refractivity contribution in [1.29, 1.82) is 0 Å². The van der Waals surface area contributed by atoms with E-state index in [2.05, 4.69) is 0 Å². The van der Waals surface area contributed by atoms with Gasteiger partial charge in [0.1, 0.15) is 5.75 Å². The number of benzene rings is 1. The molecular weight excluding hydrogens is 454 g/mol. The monoisotopic (exact) mass is 491 g/mol. The fraction of sp³-hybridized carbons (Fsp3) is 0.680. The van der Waals surface area contributed by atoms with E-state index in [1.165, 1.54) is 24.3 Å². The van der Waals surface area contributed by atoms with Crippen LogP contribution in [-0.4, -0.2) is 80.7 Å². The van der Waals surface area contributed by atoms with E-state index in [1.54, 1.807) is 24.3 Å². The van der Waals surface area contributed by atoms with Crippen LogP contribution in [-0.2, 0) is 19.6 Å². The van der Waals surface area contributed by atoms with Crippen molar-refractivity contribution in [3.05, 3.63) is 24.3 Å². The van der Waals surface area contributed by atoms with Crippen LogP contribution in [0.3, 0.4) is 0 Å². The van der Waals surface area contributed by atoms with Gasteiger partial charge < -0.3 is 14.5 Å². The maximum atomic E-state index is 13.3. The zero-order valence-corrected chi connectivity index (χ0v) is 21.0. The number of ether oxygens (including phenoxy) is 1. The average molecular weight is 492 g/mol. The highest BCUT2D eigenvalue weighted by molar-refractivity contribution is 7.89. The number of sulfonamides is 1. The SMILES string of the molecule is COc1ccc(S(=O)(=O)N2CCCC(C(=O)N3CCC(C(=O)N4CCCCCC4)CC3)C2)cc1. The number of carbonyl (C=O) groups is 2. The van der Waals surface area contributed by atoms with Crippen molar-refractivity contribution in [2.75, 3.05) is 46.4 Å². The number of amides is 2. The fourth-order valence-electron chi connectivity index (χ4n) is 5.41. The molecule has 2 amide bonds. The molecule has 0 saturated carbocycles. The van der Waals surface area contributed by atoms with Crippen molar-refractivity contribution in [1.82, 2.24) is 14.1 Å². The Labute approximate surface area is 203 Å². The van der Waals surface area contributed by atoms with Crippen LogP contribution in [0.2, 0.25) is 0 Å². The molecule has 3 aliphatic rings. The molecule has 9 heteroatoms. The van der Waals surface area contributed by atoms with E-state index in [0.717, 1.165) is 25.9 Å². The van der Waals surface area contributed by atoms with Crippen molar-refractivity contribution in [2.45, 2.75) is 56.3 Å². The number of carbonyl (C=O) groups excluding carboxylic acids is 2. The average Bonchev–Trinajstić information content (AvgIpc) is 3.18. The molecule has 0 bridgehead atoms. The molecule has 1 aromatic carbocycles. The van der Waals surface area contributed by atoms with Crippen LogP contribution < -0.4 is 4.74 Å². The first-order valence-corrected chi connectivity index (χ1v) is 14.1. The second kappa shape index (κ2) is 11.1. The maximum absolute atomic E-state index is 13.3. The van der Waals surface area contributed by atoms with Crippen LogP contribution in [0.5, 0.6) is 5.75 Å². The summed E-state index contributed by atoms with van der Waals surface area (Å²) in [6.07, 6.45) is 7.31. The molecule has 34 heavy (non-hydrogen) atoms. The van der Waals surface area contributed by atoms with Crippen molar-refractivity contribution in [3.8, 4) is 5.75 Å². The van der Waals surface area contributed by atoms with Gasteiger partial charge in [0, 0.05) is 45.2 Å². The Balaban J connectivity index is 1.33. The fourth-order valence-corrected chi connectivity index (χ4v) is 6.94. The van der Waals surface area contributed by atoms with Gasteiger partial charge in [-0.15, -0.1) is 0 Å². The van der Waals surface area contributed by atoms with Crippen LogP contribution in [0.25, 0.3) is 0 Å². The third kappa shape index (κ3) is 5.57. The third-order valence-corrected chi connectivity index (χ3v) is 9.38. The minimum atomic E-state index is -3.66. The summed E-state index contributed by atoms with van der Waals surface area (Å²) < 4.78 is 32.8. The van der Waals surface area contributed by atoms with Crippen molar-refractivity contribution >= 4 is 21.8 Å². The third-order valence-electron chi connectivity index (χ3n) is 7.50. The summed E-state index contributed by atoms with van der Waals surface area (Å²) in [4.78, 5) is 30.3. The Morgan fingerprint density at radius 1 is 0.765 bits per heavy atom. The summed E-state index contributed by atoms with van der Waals surface area (Å²) >= 11 is 0. The van der Waals surface area contributed by atoms with Crippen molar-refractivity contribution < 1.29 is 22.7 Å². The quantitative estimate of drug-likeness (QED) is 0.632. The first kappa shape index (κ1) is 25.0. The molecule has 3 fully saturated rings. The Morgan fingerprint density at radius 2 is 1.35 bits per heavy atom. The van der Waals surface area contributed by atoms with Crippen LogP contribution >= 0.6 is 0 Å². The Kier molecular flexibility index (Phi) is 8.14. The predicted molar refractivity (Wildman–Crippen MR) is 129 cm³/mol. The van der Waals surface area contributed by atoms with Gasteiger partial charge in [-0.3, -0.25) is 9.59 Å². The molecular formula is C25H37N3O5S. The van der Waals surface area contributed by atoms with Gasteiger partial charge in [-0.05, 0) is 62.8 Å². The molecule has 3 saturated heterocycles. The van der Waals surface area contributed by atoms with Crippen LogP contribution in [0.1, 0.15) is 51.4 Å². The zero-order chi connectivity index (χ0) is 24.1. The molecule has 1 atom stereocenters. The lowest BCUT2D eigenvalue weighted by Gasteiger charge is -2.38. The number of methoxy groups -OCH3 is 1. The molecule has 0 radical (unpaired) electrons. The minimum absolute atomic E-state index is 0.000420. The topological polar surface area (TPSA) is 87.2 Å². The lowest BCUT2D eigenvalue weighted by atomic mass is 9.92. The summed E-state index contributed by atoms with van der Waals surface area (Å²) in [6.45, 7) is 3.50. The van der Waals surface area contributed by atoms with Crippen LogP contribution in [0.15, 0.2) is 29.2 Å². The van der Waals surface area contributed by atoms with Crippen LogP contribution in [0.4, 0.5) is 0 Å². The number of hydrogen-bond donors (Lipinski definition) is 0. The molecule has 0 N–H and O–H groups in total. The highest BCUT2D eigenvalue weighted by Gasteiger charge is 2.37. The lowest BCUT2D eigenvalue weighted by Crippen LogP contribution is -2.50. The number of hydrogen-bond acceptors (Lipinski definition) is 5. The number of rotatable bonds is 5. The molecule has 0 spiro atoms. The smallest absolute Gasteiger partial charge is 0.243 e. The van der Waals surface area contributed by atoms with Gasteiger partial charge >= 0.3 is 0 Å². The number of nitrogens with zero attached hydrogens (tertiary/aromatic N) is 3. The zero-order valence-electron chi connectivity index (χ0n) is 20.2. The largest absolute Gasteiger partial charge is 0.497 e. The molecule has 1 aromatic rings. The minimum Gasteiger partial charge on any atom is -0.497 e. The van der Waals surface area contributed by atoms with Crippen molar-refractivity contribution in [3.63, 3.8) is 0 Å². The van der Waals surface area contributed by atoms with Gasteiger partial charge in [-0.25, -0.2) is 8.42 Å². The summed E-state index contributed by atoms with van der Waals surface area (Å²) in [5, 5.41) is 0. The summed E-state index contributed by atoms with van der Waals surface area (Å²) in [5.74, 6) is 0.544. The predicted octanol–water partition coefficient (Wildman–Crippen LogP) is 2.74. The summed E-state index contributed by atoms with van der Waals surface area (Å²) in [5.41, 5.74) is 0. The van der Waals surface area contributed by atoms with Gasteiger partial charge in [0.05, 0.1) is 17.9 Å². The second-order valence-corrected chi connectivity index (χ2v) is 11.7. The van der Waals surface area contributed by atoms with E-state index >= 15 is 0 Å². The lowest BCUT2D eigenvalue weighted by molar-refractivity contribution is -0.143. The van der Waals surface area contributed by atoms with E-state index in [1.807, 2.05) is 9.80 Å². The van der Waals surface area contributed by atoms with E-state index in [4.69, 9.17) is 4.74 Å². The number of piperidine rings is 2. The molecule has 3 aliphatic heterocycles. The second-order valence-electron chi connectivity index (χ2n) is 9.72. The summed E-state index contributed by atoms with van der Waals surface area (Å²) in [7, 11) is -2.12. The Bertz CT molecular complexity index is 949. The first-order valence-electron chi connectivity index (χ1n) is 12.6. The van der Waals surface area contributed by atoms with Gasteiger partial charge in [0.25, 0.3) is 0 Å².